The van der Waals surface area contributed by atoms with Crippen LogP contribution in [0.1, 0.15) is 45.9 Å². The van der Waals surface area contributed by atoms with Crippen LogP contribution in [0, 0.1) is 13.8 Å². The van der Waals surface area contributed by atoms with E-state index in [0.717, 1.165) is 18.4 Å². The molecule has 1 unspecified atom stereocenters. The molecule has 2 amide bonds. The van der Waals surface area contributed by atoms with Crippen LogP contribution in [0.3, 0.4) is 0 Å². The summed E-state index contributed by atoms with van der Waals surface area (Å²) in [6, 6.07) is 9.38. The maximum Gasteiger partial charge on any atom is 0.263 e. The van der Waals surface area contributed by atoms with E-state index in [1.54, 1.807) is 22.5 Å². The number of amides is 2. The highest BCUT2D eigenvalue weighted by atomic mass is 32.1. The number of hydrogen-bond acceptors (Lipinski definition) is 5. The predicted octanol–water partition coefficient (Wildman–Crippen LogP) is 3.54. The summed E-state index contributed by atoms with van der Waals surface area (Å²) < 4.78 is 1.26. The average Bonchev–Trinajstić information content (AvgIpc) is 3.43. The number of carbonyl (C=O) groups excluding carboxylic acids is 2. The molecule has 4 rings (SSSR count). The molecule has 1 aliphatic rings. The van der Waals surface area contributed by atoms with Gasteiger partial charge in [-0.2, -0.15) is 0 Å². The number of hydrogen-bond donors (Lipinski definition) is 1. The van der Waals surface area contributed by atoms with Gasteiger partial charge in [0.2, 0.25) is 5.91 Å². The summed E-state index contributed by atoms with van der Waals surface area (Å²) in [6.45, 7) is 4.55. The van der Waals surface area contributed by atoms with Crippen LogP contribution in [0.15, 0.2) is 52.9 Å². The van der Waals surface area contributed by atoms with Gasteiger partial charge in [-0.25, -0.2) is 4.98 Å². The van der Waals surface area contributed by atoms with Crippen molar-refractivity contribution in [3.05, 3.63) is 80.7 Å². The maximum atomic E-state index is 13.3. The third kappa shape index (κ3) is 4.44. The molecule has 160 valence electrons. The van der Waals surface area contributed by atoms with Crippen molar-refractivity contribution >= 4 is 28.3 Å². The molecule has 1 fully saturated rings. The summed E-state index contributed by atoms with van der Waals surface area (Å²) in [6.07, 6.45) is 4.87. The second kappa shape index (κ2) is 8.85. The Kier molecular flexibility index (Phi) is 5.99. The molecule has 1 atom stereocenters. The van der Waals surface area contributed by atoms with Crippen molar-refractivity contribution in [2.45, 2.75) is 39.3 Å². The molecule has 7 nitrogen and oxygen atoms in total. The monoisotopic (exact) mass is 436 g/mol. The number of thiazole rings is 1. The van der Waals surface area contributed by atoms with Crippen LogP contribution in [-0.4, -0.2) is 32.8 Å². The number of aromatic nitrogens is 2. The SMILES string of the molecule is Cc1ccc(C2CCCN2C(=O)c2cccn(CC(=O)Nc3nccs3)c2=O)cc1C. The lowest BCUT2D eigenvalue weighted by Gasteiger charge is -2.25. The number of nitrogens with zero attached hydrogens (tertiary/aromatic N) is 3. The second-order valence-corrected chi connectivity index (χ2v) is 8.64. The van der Waals surface area contributed by atoms with Crippen molar-refractivity contribution < 1.29 is 9.59 Å². The molecule has 1 saturated heterocycles. The van der Waals surface area contributed by atoms with Crippen molar-refractivity contribution in [1.82, 2.24) is 14.5 Å². The highest BCUT2D eigenvalue weighted by Gasteiger charge is 2.32. The van der Waals surface area contributed by atoms with Gasteiger partial charge in [0.05, 0.1) is 6.04 Å². The molecule has 0 saturated carbocycles. The Bertz CT molecular complexity index is 1170. The predicted molar refractivity (Wildman–Crippen MR) is 120 cm³/mol. The van der Waals surface area contributed by atoms with E-state index < -0.39 is 5.56 Å². The van der Waals surface area contributed by atoms with Crippen LogP contribution in [0.4, 0.5) is 5.13 Å². The van der Waals surface area contributed by atoms with Gasteiger partial charge in [-0.1, -0.05) is 18.2 Å². The third-order valence-electron chi connectivity index (χ3n) is 5.67. The summed E-state index contributed by atoms with van der Waals surface area (Å²) in [5.74, 6) is -0.656. The van der Waals surface area contributed by atoms with Crippen LogP contribution < -0.4 is 10.9 Å². The summed E-state index contributed by atoms with van der Waals surface area (Å²) in [5, 5.41) is 4.88. The van der Waals surface area contributed by atoms with E-state index >= 15 is 0 Å². The van der Waals surface area contributed by atoms with Gasteiger partial charge in [-0.05, 0) is 55.5 Å². The molecule has 2 aromatic heterocycles. The first kappa shape index (κ1) is 21.0. The van der Waals surface area contributed by atoms with E-state index in [2.05, 4.69) is 42.3 Å². The maximum absolute atomic E-state index is 13.3. The van der Waals surface area contributed by atoms with Crippen LogP contribution in [0.5, 0.6) is 0 Å². The summed E-state index contributed by atoms with van der Waals surface area (Å²) in [7, 11) is 0. The van der Waals surface area contributed by atoms with Crippen molar-refractivity contribution in [2.24, 2.45) is 0 Å². The van der Waals surface area contributed by atoms with E-state index in [1.165, 1.54) is 39.3 Å². The molecule has 3 aromatic rings. The fraction of sp³-hybridized carbons (Fsp3) is 0.304. The number of rotatable bonds is 5. The molecule has 1 aliphatic heterocycles. The lowest BCUT2D eigenvalue weighted by atomic mass is 9.99. The zero-order valence-electron chi connectivity index (χ0n) is 17.5. The fourth-order valence-electron chi connectivity index (χ4n) is 3.91. The zero-order chi connectivity index (χ0) is 22.0. The zero-order valence-corrected chi connectivity index (χ0v) is 18.3. The minimum absolute atomic E-state index is 0.0481. The van der Waals surface area contributed by atoms with Gasteiger partial charge in [0.1, 0.15) is 12.1 Å². The Labute approximate surface area is 184 Å². The van der Waals surface area contributed by atoms with E-state index in [1.807, 2.05) is 0 Å². The Morgan fingerprint density at radius 1 is 1.23 bits per heavy atom. The van der Waals surface area contributed by atoms with Crippen molar-refractivity contribution in [3.63, 3.8) is 0 Å². The number of pyridine rings is 1. The van der Waals surface area contributed by atoms with Gasteiger partial charge in [0.25, 0.3) is 11.5 Å². The van der Waals surface area contributed by atoms with E-state index in [0.29, 0.717) is 11.7 Å². The fourth-order valence-corrected chi connectivity index (χ4v) is 4.45. The topological polar surface area (TPSA) is 84.3 Å². The van der Waals surface area contributed by atoms with Crippen LogP contribution in [0.2, 0.25) is 0 Å². The highest BCUT2D eigenvalue weighted by molar-refractivity contribution is 7.13. The van der Waals surface area contributed by atoms with Gasteiger partial charge in [0.15, 0.2) is 5.13 Å². The van der Waals surface area contributed by atoms with Gasteiger partial charge >= 0.3 is 0 Å². The van der Waals surface area contributed by atoms with Crippen LogP contribution in [0.25, 0.3) is 0 Å². The van der Waals surface area contributed by atoms with Gasteiger partial charge in [0, 0.05) is 24.3 Å². The van der Waals surface area contributed by atoms with Crippen molar-refractivity contribution in [1.29, 1.82) is 0 Å². The Hall–Kier alpha value is -3.26. The molecular formula is C23H24N4O3S. The van der Waals surface area contributed by atoms with E-state index in [9.17, 15) is 14.4 Å². The molecule has 31 heavy (non-hydrogen) atoms. The standard InChI is InChI=1S/C23H24N4O3S/c1-15-7-8-17(13-16(15)2)19-6-4-11-27(19)22(30)18-5-3-10-26(21(18)29)14-20(28)25-23-24-9-12-31-23/h3,5,7-10,12-13,19H,4,6,11,14H2,1-2H3,(H,24,25,28). The third-order valence-corrected chi connectivity index (χ3v) is 6.36. The number of anilines is 1. The number of nitrogens with one attached hydrogen (secondary N) is 1. The van der Waals surface area contributed by atoms with E-state index in [4.69, 9.17) is 0 Å². The number of likely N-dealkylation sites (tertiary alicyclic amines) is 1. The number of carbonyl (C=O) groups is 2. The first-order chi connectivity index (χ1) is 14.9. The Morgan fingerprint density at radius 3 is 2.81 bits per heavy atom. The van der Waals surface area contributed by atoms with Crippen LogP contribution in [-0.2, 0) is 11.3 Å². The van der Waals surface area contributed by atoms with Crippen LogP contribution >= 0.6 is 11.3 Å². The summed E-state index contributed by atoms with van der Waals surface area (Å²) in [5.41, 5.74) is 3.10. The average molecular weight is 437 g/mol. The molecular weight excluding hydrogens is 412 g/mol. The molecule has 0 radical (unpaired) electrons. The second-order valence-electron chi connectivity index (χ2n) is 7.74. The van der Waals surface area contributed by atoms with Gasteiger partial charge in [-0.3, -0.25) is 14.4 Å². The normalized spacial score (nSPS) is 15.8. The minimum Gasteiger partial charge on any atom is -0.331 e. The Balaban J connectivity index is 1.55. The lowest BCUT2D eigenvalue weighted by Crippen LogP contribution is -2.37. The largest absolute Gasteiger partial charge is 0.331 e. The molecule has 0 bridgehead atoms. The summed E-state index contributed by atoms with van der Waals surface area (Å²) >= 11 is 1.30. The first-order valence-electron chi connectivity index (χ1n) is 10.2. The Morgan fingerprint density at radius 2 is 2.06 bits per heavy atom. The minimum atomic E-state index is -0.465. The smallest absolute Gasteiger partial charge is 0.263 e. The molecule has 1 aromatic carbocycles. The highest BCUT2D eigenvalue weighted by Crippen LogP contribution is 2.33. The first-order valence-corrected chi connectivity index (χ1v) is 11.1. The van der Waals surface area contributed by atoms with Crippen molar-refractivity contribution in [2.75, 3.05) is 11.9 Å². The lowest BCUT2D eigenvalue weighted by molar-refractivity contribution is -0.116. The van der Waals surface area contributed by atoms with Gasteiger partial charge < -0.3 is 14.8 Å². The van der Waals surface area contributed by atoms with E-state index in [-0.39, 0.29) is 30.0 Å². The number of aryl methyl sites for hydroxylation is 2. The summed E-state index contributed by atoms with van der Waals surface area (Å²) in [4.78, 5) is 44.3. The molecule has 3 heterocycles. The van der Waals surface area contributed by atoms with Crippen molar-refractivity contribution in [3.8, 4) is 0 Å². The molecule has 0 spiro atoms. The van der Waals surface area contributed by atoms with Gasteiger partial charge in [-0.15, -0.1) is 11.3 Å². The molecule has 0 aliphatic carbocycles. The molecule has 1 N–H and O–H groups in total. The number of benzene rings is 1. The quantitative estimate of drug-likeness (QED) is 0.663. The molecule has 8 heteroatoms.